The molecule has 0 saturated carbocycles. The van der Waals surface area contributed by atoms with Crippen LogP contribution >= 0.6 is 0 Å². The Kier molecular flexibility index (Phi) is 7.37. The van der Waals surface area contributed by atoms with Crippen LogP contribution in [0.5, 0.6) is 0 Å². The quantitative estimate of drug-likeness (QED) is 0.610. The fourth-order valence-corrected chi connectivity index (χ4v) is 3.91. The van der Waals surface area contributed by atoms with Gasteiger partial charge in [-0.05, 0) is 29.7 Å². The van der Waals surface area contributed by atoms with E-state index in [0.717, 1.165) is 23.1 Å². The molecule has 0 bridgehead atoms. The van der Waals surface area contributed by atoms with E-state index in [2.05, 4.69) is 10.3 Å². The Hall–Kier alpha value is -3.94. The number of nitrogens with one attached hydrogen (secondary N) is 1. The lowest BCUT2D eigenvalue weighted by molar-refractivity contribution is -0.128. The fourth-order valence-electron chi connectivity index (χ4n) is 3.91. The lowest BCUT2D eigenvalue weighted by Crippen LogP contribution is -2.36. The SMILES string of the molecule is CC(=O)N1CCCN(C(=O)c2coc(-c3ccc(CNC(=O)Cc4ccccc4)cc3)n2)CC1. The molecular weight excluding hydrogens is 432 g/mol. The first-order valence-electron chi connectivity index (χ1n) is 11.4. The molecule has 3 amide bonds. The van der Waals surface area contributed by atoms with Crippen molar-refractivity contribution in [1.29, 1.82) is 0 Å². The van der Waals surface area contributed by atoms with Gasteiger partial charge in [0.15, 0.2) is 5.69 Å². The topological polar surface area (TPSA) is 95.8 Å². The van der Waals surface area contributed by atoms with Gasteiger partial charge in [0.1, 0.15) is 6.26 Å². The Labute approximate surface area is 198 Å². The lowest BCUT2D eigenvalue weighted by atomic mass is 10.1. The summed E-state index contributed by atoms with van der Waals surface area (Å²) in [7, 11) is 0. The predicted octanol–water partition coefficient (Wildman–Crippen LogP) is 2.89. The molecule has 0 radical (unpaired) electrons. The summed E-state index contributed by atoms with van der Waals surface area (Å²) in [5, 5.41) is 2.92. The van der Waals surface area contributed by atoms with Gasteiger partial charge in [-0.3, -0.25) is 14.4 Å². The summed E-state index contributed by atoms with van der Waals surface area (Å²) < 4.78 is 5.56. The number of benzene rings is 2. The van der Waals surface area contributed by atoms with Crippen LogP contribution in [0.2, 0.25) is 0 Å². The second-order valence-corrected chi connectivity index (χ2v) is 8.33. The highest BCUT2D eigenvalue weighted by atomic mass is 16.3. The number of oxazole rings is 1. The maximum absolute atomic E-state index is 12.9. The molecule has 0 spiro atoms. The van der Waals surface area contributed by atoms with Crippen LogP contribution in [0.3, 0.4) is 0 Å². The second-order valence-electron chi connectivity index (χ2n) is 8.33. The summed E-state index contributed by atoms with van der Waals surface area (Å²) in [6.45, 7) is 4.21. The highest BCUT2D eigenvalue weighted by Crippen LogP contribution is 2.20. The standard InChI is InChI=1S/C26H28N4O4/c1-19(31)29-12-5-13-30(15-14-29)26(33)23-18-34-25(28-23)22-10-8-21(9-11-22)17-27-24(32)16-20-6-3-2-4-7-20/h2-4,6-11,18H,5,12-17H2,1H3,(H,27,32). The third-order valence-corrected chi connectivity index (χ3v) is 5.85. The van der Waals surface area contributed by atoms with Crippen molar-refractivity contribution in [2.75, 3.05) is 26.2 Å². The van der Waals surface area contributed by atoms with Crippen LogP contribution in [0.1, 0.15) is 35.0 Å². The molecule has 2 heterocycles. The summed E-state index contributed by atoms with van der Waals surface area (Å²) >= 11 is 0. The van der Waals surface area contributed by atoms with Crippen molar-refractivity contribution >= 4 is 17.7 Å². The Morgan fingerprint density at radius 2 is 1.62 bits per heavy atom. The van der Waals surface area contributed by atoms with Crippen molar-refractivity contribution in [2.24, 2.45) is 0 Å². The van der Waals surface area contributed by atoms with E-state index in [9.17, 15) is 14.4 Å². The molecule has 0 aliphatic carbocycles. The Bertz CT molecular complexity index is 1140. The largest absolute Gasteiger partial charge is 0.444 e. The second kappa shape index (κ2) is 10.8. The van der Waals surface area contributed by atoms with E-state index in [0.29, 0.717) is 45.0 Å². The van der Waals surface area contributed by atoms with Crippen LogP contribution in [0, 0.1) is 0 Å². The van der Waals surface area contributed by atoms with E-state index in [1.165, 1.54) is 6.26 Å². The maximum atomic E-state index is 12.9. The monoisotopic (exact) mass is 460 g/mol. The summed E-state index contributed by atoms with van der Waals surface area (Å²) in [6.07, 6.45) is 2.46. The average Bonchev–Trinajstić information content (AvgIpc) is 3.20. The van der Waals surface area contributed by atoms with Gasteiger partial charge in [0.05, 0.1) is 6.42 Å². The molecule has 1 aliphatic heterocycles. The van der Waals surface area contributed by atoms with E-state index in [1.54, 1.807) is 16.7 Å². The van der Waals surface area contributed by atoms with Crippen LogP contribution < -0.4 is 5.32 Å². The van der Waals surface area contributed by atoms with Gasteiger partial charge in [0.2, 0.25) is 17.7 Å². The van der Waals surface area contributed by atoms with Gasteiger partial charge < -0.3 is 19.5 Å². The number of amides is 3. The van der Waals surface area contributed by atoms with Crippen molar-refractivity contribution in [3.63, 3.8) is 0 Å². The molecule has 8 heteroatoms. The van der Waals surface area contributed by atoms with Crippen LogP contribution in [0.4, 0.5) is 0 Å². The van der Waals surface area contributed by atoms with Crippen molar-refractivity contribution in [3.8, 4) is 11.5 Å². The van der Waals surface area contributed by atoms with Gasteiger partial charge in [0.25, 0.3) is 5.91 Å². The molecule has 2 aromatic carbocycles. The molecule has 176 valence electrons. The van der Waals surface area contributed by atoms with Crippen LogP contribution in [-0.4, -0.2) is 58.7 Å². The lowest BCUT2D eigenvalue weighted by Gasteiger charge is -2.20. The van der Waals surface area contributed by atoms with E-state index in [-0.39, 0.29) is 23.4 Å². The summed E-state index contributed by atoms with van der Waals surface area (Å²) in [5.74, 6) is 0.157. The number of carbonyl (C=O) groups excluding carboxylic acids is 3. The van der Waals surface area contributed by atoms with Crippen molar-refractivity contribution in [1.82, 2.24) is 20.1 Å². The molecule has 1 aromatic heterocycles. The number of rotatable bonds is 6. The first-order valence-corrected chi connectivity index (χ1v) is 11.4. The summed E-state index contributed by atoms with van der Waals surface area (Å²) in [6, 6.07) is 17.1. The van der Waals surface area contributed by atoms with Crippen molar-refractivity contribution in [3.05, 3.63) is 77.7 Å². The summed E-state index contributed by atoms with van der Waals surface area (Å²) in [5.41, 5.74) is 2.93. The minimum atomic E-state index is -0.196. The Morgan fingerprint density at radius 1 is 0.912 bits per heavy atom. The zero-order valence-corrected chi connectivity index (χ0v) is 19.2. The van der Waals surface area contributed by atoms with Gasteiger partial charge in [-0.15, -0.1) is 0 Å². The Balaban J connectivity index is 1.32. The molecule has 1 saturated heterocycles. The number of nitrogens with zero attached hydrogens (tertiary/aromatic N) is 3. The zero-order chi connectivity index (χ0) is 23.9. The zero-order valence-electron chi connectivity index (χ0n) is 19.2. The number of hydrogen-bond acceptors (Lipinski definition) is 5. The third-order valence-electron chi connectivity index (χ3n) is 5.85. The fraction of sp³-hybridized carbons (Fsp3) is 0.308. The molecule has 0 unspecified atom stereocenters. The van der Waals surface area contributed by atoms with E-state index < -0.39 is 0 Å². The molecule has 1 N–H and O–H groups in total. The van der Waals surface area contributed by atoms with Crippen LogP contribution in [-0.2, 0) is 22.6 Å². The average molecular weight is 461 g/mol. The molecule has 4 rings (SSSR count). The molecular formula is C26H28N4O4. The van der Waals surface area contributed by atoms with Gasteiger partial charge in [-0.1, -0.05) is 42.5 Å². The highest BCUT2D eigenvalue weighted by Gasteiger charge is 2.24. The van der Waals surface area contributed by atoms with E-state index in [4.69, 9.17) is 4.42 Å². The minimum Gasteiger partial charge on any atom is -0.444 e. The minimum absolute atomic E-state index is 0.0252. The van der Waals surface area contributed by atoms with Gasteiger partial charge >= 0.3 is 0 Å². The third kappa shape index (κ3) is 5.89. The number of carbonyl (C=O) groups is 3. The molecule has 1 fully saturated rings. The molecule has 34 heavy (non-hydrogen) atoms. The Morgan fingerprint density at radius 3 is 2.35 bits per heavy atom. The van der Waals surface area contributed by atoms with Crippen molar-refractivity contribution < 1.29 is 18.8 Å². The number of aromatic nitrogens is 1. The van der Waals surface area contributed by atoms with E-state index in [1.807, 2.05) is 54.6 Å². The molecule has 0 atom stereocenters. The molecule has 3 aromatic rings. The predicted molar refractivity (Wildman–Crippen MR) is 127 cm³/mol. The smallest absolute Gasteiger partial charge is 0.275 e. The van der Waals surface area contributed by atoms with E-state index >= 15 is 0 Å². The summed E-state index contributed by atoms with van der Waals surface area (Å²) in [4.78, 5) is 44.5. The number of hydrogen-bond donors (Lipinski definition) is 1. The first-order chi connectivity index (χ1) is 16.5. The van der Waals surface area contributed by atoms with Gasteiger partial charge in [-0.25, -0.2) is 4.98 Å². The maximum Gasteiger partial charge on any atom is 0.275 e. The van der Waals surface area contributed by atoms with Gasteiger partial charge in [0, 0.05) is 45.2 Å². The first kappa shape index (κ1) is 23.2. The molecule has 8 nitrogen and oxygen atoms in total. The highest BCUT2D eigenvalue weighted by molar-refractivity contribution is 5.92. The van der Waals surface area contributed by atoms with Crippen LogP contribution in [0.15, 0.2) is 65.3 Å². The van der Waals surface area contributed by atoms with Crippen molar-refractivity contribution in [2.45, 2.75) is 26.3 Å². The molecule has 1 aliphatic rings. The van der Waals surface area contributed by atoms with Crippen LogP contribution in [0.25, 0.3) is 11.5 Å². The van der Waals surface area contributed by atoms with Gasteiger partial charge in [-0.2, -0.15) is 0 Å². The normalized spacial score (nSPS) is 13.9.